The average molecular weight is 445 g/mol. The van der Waals surface area contributed by atoms with Crippen LogP contribution in [0.1, 0.15) is 29.7 Å². The van der Waals surface area contributed by atoms with Gasteiger partial charge in [0.05, 0.1) is 27.8 Å². The van der Waals surface area contributed by atoms with Crippen LogP contribution in [0.15, 0.2) is 52.8 Å². The highest BCUT2D eigenvalue weighted by Gasteiger charge is 2.28. The lowest BCUT2D eigenvalue weighted by atomic mass is 9.85. The van der Waals surface area contributed by atoms with Gasteiger partial charge in [0.15, 0.2) is 5.03 Å². The zero-order valence-electron chi connectivity index (χ0n) is 17.4. The van der Waals surface area contributed by atoms with Crippen molar-refractivity contribution >= 4 is 31.6 Å². The van der Waals surface area contributed by atoms with Crippen molar-refractivity contribution in [3.05, 3.63) is 59.7 Å². The molecule has 32 heavy (non-hydrogen) atoms. The molecule has 0 saturated carbocycles. The number of nitrogens with zero attached hydrogens (tertiary/aromatic N) is 4. The molecule has 6 rings (SSSR count). The number of H-pyrrole nitrogens is 2. The maximum absolute atomic E-state index is 13.5. The quantitative estimate of drug-likeness (QED) is 0.436. The third kappa shape index (κ3) is 2.70. The number of aromatic amines is 2. The van der Waals surface area contributed by atoms with Crippen LogP contribution >= 0.6 is 0 Å². The van der Waals surface area contributed by atoms with E-state index in [9.17, 15) is 8.42 Å². The van der Waals surface area contributed by atoms with E-state index in [0.29, 0.717) is 10.9 Å². The van der Waals surface area contributed by atoms with Gasteiger partial charge in [-0.1, -0.05) is 0 Å². The van der Waals surface area contributed by atoms with Gasteiger partial charge in [0.25, 0.3) is 0 Å². The minimum Gasteiger partial charge on any atom is -0.282 e. The number of fused-ring (bicyclic) bond motifs is 5. The van der Waals surface area contributed by atoms with E-state index in [1.54, 1.807) is 0 Å². The van der Waals surface area contributed by atoms with Crippen LogP contribution in [-0.2, 0) is 22.7 Å². The third-order valence-corrected chi connectivity index (χ3v) is 7.99. The number of hydrogen-bond donors (Lipinski definition) is 2. The molecule has 1 aliphatic rings. The molecular formula is C23H20N6O2S. The highest BCUT2D eigenvalue weighted by molar-refractivity contribution is 7.91. The van der Waals surface area contributed by atoms with E-state index < -0.39 is 9.84 Å². The van der Waals surface area contributed by atoms with Gasteiger partial charge in [-0.05, 0) is 68.0 Å². The van der Waals surface area contributed by atoms with E-state index in [1.165, 1.54) is 30.1 Å². The SMILES string of the molecule is Cc1[nH]ncc1-c1nc2ccc3n[nH]c(S(=O)(=O)c4ccncc4)c3c2c2c1CCCC2. The molecule has 0 amide bonds. The minimum atomic E-state index is -3.80. The van der Waals surface area contributed by atoms with E-state index in [2.05, 4.69) is 25.4 Å². The monoisotopic (exact) mass is 444 g/mol. The molecule has 0 unspecified atom stereocenters. The van der Waals surface area contributed by atoms with Crippen LogP contribution in [-0.4, -0.2) is 38.8 Å². The summed E-state index contributed by atoms with van der Waals surface area (Å²) in [5.74, 6) is 0. The number of nitrogens with one attached hydrogen (secondary N) is 2. The number of sulfone groups is 1. The Labute approximate surface area is 184 Å². The number of aryl methyl sites for hydroxylation is 2. The molecule has 0 fully saturated rings. The predicted molar refractivity (Wildman–Crippen MR) is 120 cm³/mol. The topological polar surface area (TPSA) is 117 Å². The summed E-state index contributed by atoms with van der Waals surface area (Å²) in [7, 11) is -3.80. The molecule has 0 spiro atoms. The second kappa shape index (κ2) is 6.96. The normalized spacial score (nSPS) is 14.2. The largest absolute Gasteiger partial charge is 0.282 e. The molecule has 1 aromatic carbocycles. The molecule has 0 saturated heterocycles. The standard InChI is InChI=1S/C23H20N6O2S/c1-13-17(12-25-27-13)22-16-5-3-2-4-15(16)20-18(26-22)6-7-19-21(20)23(29-28-19)32(30,31)14-8-10-24-11-9-14/h6-12H,2-5H2,1H3,(H,25,27)(H,28,29). The highest BCUT2D eigenvalue weighted by atomic mass is 32.2. The second-order valence-corrected chi connectivity index (χ2v) is 10.0. The first kappa shape index (κ1) is 19.1. The zero-order valence-corrected chi connectivity index (χ0v) is 18.2. The first-order valence-electron chi connectivity index (χ1n) is 10.5. The van der Waals surface area contributed by atoms with Crippen molar-refractivity contribution < 1.29 is 8.42 Å². The average Bonchev–Trinajstić information content (AvgIpc) is 3.45. The highest BCUT2D eigenvalue weighted by Crippen LogP contribution is 2.40. The molecule has 160 valence electrons. The maximum Gasteiger partial charge on any atom is 0.224 e. The molecule has 8 nitrogen and oxygen atoms in total. The zero-order chi connectivity index (χ0) is 21.9. The molecule has 4 heterocycles. The summed E-state index contributed by atoms with van der Waals surface area (Å²) in [6.07, 6.45) is 8.67. The number of aromatic nitrogens is 6. The Morgan fingerprint density at radius 3 is 2.41 bits per heavy atom. The lowest BCUT2D eigenvalue weighted by molar-refractivity contribution is 0.592. The molecule has 0 bridgehead atoms. The van der Waals surface area contributed by atoms with Crippen molar-refractivity contribution in [3.63, 3.8) is 0 Å². The van der Waals surface area contributed by atoms with Crippen LogP contribution in [0.3, 0.4) is 0 Å². The van der Waals surface area contributed by atoms with Crippen LogP contribution in [0, 0.1) is 6.92 Å². The van der Waals surface area contributed by atoms with Crippen LogP contribution in [0.2, 0.25) is 0 Å². The Balaban J connectivity index is 1.72. The van der Waals surface area contributed by atoms with Crippen LogP contribution in [0.25, 0.3) is 33.1 Å². The van der Waals surface area contributed by atoms with Gasteiger partial charge in [0.1, 0.15) is 0 Å². The van der Waals surface area contributed by atoms with Gasteiger partial charge in [0, 0.05) is 34.4 Å². The molecule has 4 aromatic heterocycles. The second-order valence-electron chi connectivity index (χ2n) is 8.13. The molecule has 1 aliphatic carbocycles. The maximum atomic E-state index is 13.5. The Bertz CT molecular complexity index is 1600. The third-order valence-electron chi connectivity index (χ3n) is 6.27. The smallest absolute Gasteiger partial charge is 0.224 e. The summed E-state index contributed by atoms with van der Waals surface area (Å²) in [5, 5.41) is 15.9. The van der Waals surface area contributed by atoms with Gasteiger partial charge >= 0.3 is 0 Å². The van der Waals surface area contributed by atoms with Crippen LogP contribution in [0.4, 0.5) is 0 Å². The Hall–Kier alpha value is -3.59. The van der Waals surface area contributed by atoms with Crippen molar-refractivity contribution in [2.24, 2.45) is 0 Å². The molecule has 0 radical (unpaired) electrons. The van der Waals surface area contributed by atoms with E-state index >= 15 is 0 Å². The van der Waals surface area contributed by atoms with E-state index in [0.717, 1.165) is 59.1 Å². The Kier molecular flexibility index (Phi) is 4.16. The summed E-state index contributed by atoms with van der Waals surface area (Å²) in [6, 6.07) is 6.75. The van der Waals surface area contributed by atoms with E-state index in [1.807, 2.05) is 25.3 Å². The van der Waals surface area contributed by atoms with Crippen molar-refractivity contribution in [3.8, 4) is 11.3 Å². The molecule has 0 atom stereocenters. The summed E-state index contributed by atoms with van der Waals surface area (Å²) < 4.78 is 27.0. The van der Waals surface area contributed by atoms with Gasteiger partial charge in [-0.25, -0.2) is 13.4 Å². The molecule has 0 aliphatic heterocycles. The Morgan fingerprint density at radius 1 is 0.906 bits per heavy atom. The van der Waals surface area contributed by atoms with E-state index in [4.69, 9.17) is 4.98 Å². The summed E-state index contributed by atoms with van der Waals surface area (Å²) in [5.41, 5.74) is 6.61. The summed E-state index contributed by atoms with van der Waals surface area (Å²) in [6.45, 7) is 1.99. The van der Waals surface area contributed by atoms with E-state index in [-0.39, 0.29) is 9.92 Å². The van der Waals surface area contributed by atoms with Crippen molar-refractivity contribution in [1.29, 1.82) is 0 Å². The first-order chi connectivity index (χ1) is 15.6. The molecule has 9 heteroatoms. The molecule has 5 aromatic rings. The fraction of sp³-hybridized carbons (Fsp3) is 0.217. The van der Waals surface area contributed by atoms with Crippen LogP contribution < -0.4 is 0 Å². The molecule has 2 N–H and O–H groups in total. The van der Waals surface area contributed by atoms with Crippen molar-refractivity contribution in [2.45, 2.75) is 42.5 Å². The molecular weight excluding hydrogens is 424 g/mol. The lowest BCUT2D eigenvalue weighted by Gasteiger charge is -2.21. The summed E-state index contributed by atoms with van der Waals surface area (Å²) >= 11 is 0. The minimum absolute atomic E-state index is 0.103. The number of rotatable bonds is 3. The predicted octanol–water partition coefficient (Wildman–Crippen LogP) is 3.92. The summed E-state index contributed by atoms with van der Waals surface area (Å²) in [4.78, 5) is 9.14. The Morgan fingerprint density at radius 2 is 1.66 bits per heavy atom. The van der Waals surface area contributed by atoms with Gasteiger partial charge in [0.2, 0.25) is 9.84 Å². The van der Waals surface area contributed by atoms with Gasteiger partial charge in [-0.15, -0.1) is 0 Å². The van der Waals surface area contributed by atoms with Gasteiger partial charge < -0.3 is 0 Å². The van der Waals surface area contributed by atoms with Gasteiger partial charge in [-0.3, -0.25) is 15.2 Å². The van der Waals surface area contributed by atoms with Crippen molar-refractivity contribution in [1.82, 2.24) is 30.4 Å². The first-order valence-corrected chi connectivity index (χ1v) is 12.0. The number of pyridine rings is 2. The van der Waals surface area contributed by atoms with Crippen LogP contribution in [0.5, 0.6) is 0 Å². The lowest BCUT2D eigenvalue weighted by Crippen LogP contribution is -2.09. The number of hydrogen-bond acceptors (Lipinski definition) is 6. The fourth-order valence-electron chi connectivity index (χ4n) is 4.74. The van der Waals surface area contributed by atoms with Gasteiger partial charge in [-0.2, -0.15) is 10.2 Å². The number of benzene rings is 1. The van der Waals surface area contributed by atoms with Crippen molar-refractivity contribution in [2.75, 3.05) is 0 Å². The fourth-order valence-corrected chi connectivity index (χ4v) is 6.10.